The quantitative estimate of drug-likeness (QED) is 0.805. The number of benzene rings is 1. The molecule has 0 spiro atoms. The molecule has 0 fully saturated rings. The minimum absolute atomic E-state index is 0.0564. The Kier molecular flexibility index (Phi) is 4.02. The van der Waals surface area contributed by atoms with Crippen LogP contribution in [0.25, 0.3) is 11.1 Å². The van der Waals surface area contributed by atoms with Crippen molar-refractivity contribution in [3.63, 3.8) is 0 Å². The van der Waals surface area contributed by atoms with E-state index in [1.807, 2.05) is 0 Å². The highest BCUT2D eigenvalue weighted by molar-refractivity contribution is 5.81. The third-order valence-corrected chi connectivity index (χ3v) is 2.50. The second-order valence-corrected chi connectivity index (χ2v) is 4.02. The number of pyridine rings is 1. The van der Waals surface area contributed by atoms with E-state index in [-0.39, 0.29) is 5.75 Å². The monoisotopic (exact) mass is 281 g/mol. The number of aldehydes is 1. The lowest BCUT2D eigenvalue weighted by atomic mass is 10.0. The molecule has 1 aromatic carbocycles. The van der Waals surface area contributed by atoms with Crippen LogP contribution in [0.4, 0.5) is 13.2 Å². The van der Waals surface area contributed by atoms with E-state index in [1.165, 1.54) is 24.4 Å². The lowest BCUT2D eigenvalue weighted by Gasteiger charge is -2.13. The predicted octanol–water partition coefficient (Wildman–Crippen LogP) is 3.50. The van der Waals surface area contributed by atoms with Crippen molar-refractivity contribution in [1.29, 1.82) is 0 Å². The van der Waals surface area contributed by atoms with Crippen LogP contribution in [0.5, 0.6) is 5.75 Å². The van der Waals surface area contributed by atoms with Gasteiger partial charge in [0.05, 0.1) is 0 Å². The van der Waals surface area contributed by atoms with Gasteiger partial charge in [0.25, 0.3) is 0 Å². The summed E-state index contributed by atoms with van der Waals surface area (Å²) in [6.45, 7) is -1.39. The molecule has 104 valence electrons. The molecule has 20 heavy (non-hydrogen) atoms. The summed E-state index contributed by atoms with van der Waals surface area (Å²) in [7, 11) is 0. The van der Waals surface area contributed by atoms with E-state index in [1.54, 1.807) is 18.3 Å². The molecule has 1 heterocycles. The Morgan fingerprint density at radius 3 is 2.65 bits per heavy atom. The van der Waals surface area contributed by atoms with Crippen LogP contribution in [-0.2, 0) is 0 Å². The summed E-state index contributed by atoms with van der Waals surface area (Å²) in [4.78, 5) is 14.7. The molecule has 0 atom stereocenters. The molecule has 0 saturated carbocycles. The molecule has 0 aliphatic carbocycles. The first-order valence-electron chi connectivity index (χ1n) is 5.69. The summed E-state index contributed by atoms with van der Waals surface area (Å²) >= 11 is 0. The third kappa shape index (κ3) is 3.57. The van der Waals surface area contributed by atoms with Gasteiger partial charge in [0.15, 0.2) is 6.61 Å². The zero-order chi connectivity index (χ0) is 14.6. The molecule has 6 heteroatoms. The molecule has 0 N–H and O–H groups in total. The SMILES string of the molecule is O=Cc1ccc(OCC(F)(F)F)c(-c2cccnc2)c1. The van der Waals surface area contributed by atoms with Crippen molar-refractivity contribution in [2.24, 2.45) is 0 Å². The summed E-state index contributed by atoms with van der Waals surface area (Å²) in [6, 6.07) is 7.54. The molecule has 2 aromatic rings. The smallest absolute Gasteiger partial charge is 0.422 e. The van der Waals surface area contributed by atoms with Gasteiger partial charge in [-0.25, -0.2) is 0 Å². The van der Waals surface area contributed by atoms with Crippen LogP contribution in [0.15, 0.2) is 42.7 Å². The molecular formula is C14H10F3NO2. The number of hydrogen-bond acceptors (Lipinski definition) is 3. The third-order valence-electron chi connectivity index (χ3n) is 2.50. The first-order valence-corrected chi connectivity index (χ1v) is 5.69. The first-order chi connectivity index (χ1) is 9.49. The second kappa shape index (κ2) is 5.73. The van der Waals surface area contributed by atoms with E-state index in [0.717, 1.165) is 0 Å². The van der Waals surface area contributed by atoms with Gasteiger partial charge in [-0.3, -0.25) is 9.78 Å². The Labute approximate surface area is 113 Å². The standard InChI is InChI=1S/C14H10F3NO2/c15-14(16,17)9-20-13-4-3-10(8-19)6-12(13)11-2-1-5-18-7-11/h1-8H,9H2. The highest BCUT2D eigenvalue weighted by Gasteiger charge is 2.28. The lowest BCUT2D eigenvalue weighted by Crippen LogP contribution is -2.19. The Morgan fingerprint density at radius 1 is 1.25 bits per heavy atom. The van der Waals surface area contributed by atoms with Crippen molar-refractivity contribution in [2.45, 2.75) is 6.18 Å². The lowest BCUT2D eigenvalue weighted by molar-refractivity contribution is -0.153. The van der Waals surface area contributed by atoms with Crippen molar-refractivity contribution in [3.8, 4) is 16.9 Å². The van der Waals surface area contributed by atoms with Gasteiger partial charge in [-0.15, -0.1) is 0 Å². The topological polar surface area (TPSA) is 39.2 Å². The molecule has 0 aliphatic rings. The van der Waals surface area contributed by atoms with Crippen LogP contribution < -0.4 is 4.74 Å². The van der Waals surface area contributed by atoms with E-state index >= 15 is 0 Å². The number of alkyl halides is 3. The molecule has 3 nitrogen and oxygen atoms in total. The minimum Gasteiger partial charge on any atom is -0.483 e. The van der Waals surface area contributed by atoms with Gasteiger partial charge in [0.1, 0.15) is 12.0 Å². The average molecular weight is 281 g/mol. The van der Waals surface area contributed by atoms with Gasteiger partial charge in [-0.1, -0.05) is 6.07 Å². The Hall–Kier alpha value is -2.37. The van der Waals surface area contributed by atoms with Gasteiger partial charge in [-0.05, 0) is 24.3 Å². The Morgan fingerprint density at radius 2 is 2.05 bits per heavy atom. The van der Waals surface area contributed by atoms with Crippen LogP contribution >= 0.6 is 0 Å². The number of ether oxygens (including phenoxy) is 1. The second-order valence-electron chi connectivity index (χ2n) is 4.02. The molecule has 0 radical (unpaired) electrons. The van der Waals surface area contributed by atoms with Crippen molar-refractivity contribution in [1.82, 2.24) is 4.98 Å². The van der Waals surface area contributed by atoms with Crippen LogP contribution in [0.1, 0.15) is 10.4 Å². The van der Waals surface area contributed by atoms with Crippen LogP contribution in [0, 0.1) is 0 Å². The fourth-order valence-corrected chi connectivity index (χ4v) is 1.65. The highest BCUT2D eigenvalue weighted by Crippen LogP contribution is 2.31. The predicted molar refractivity (Wildman–Crippen MR) is 66.6 cm³/mol. The molecule has 2 rings (SSSR count). The number of aromatic nitrogens is 1. The van der Waals surface area contributed by atoms with Gasteiger partial charge in [0, 0.05) is 29.1 Å². The summed E-state index contributed by atoms with van der Waals surface area (Å²) in [6.07, 6.45) is -0.767. The number of carbonyl (C=O) groups excluding carboxylic acids is 1. The molecule has 0 unspecified atom stereocenters. The maximum Gasteiger partial charge on any atom is 0.422 e. The first kappa shape index (κ1) is 14.0. The average Bonchev–Trinajstić information content (AvgIpc) is 2.45. The fraction of sp³-hybridized carbons (Fsp3) is 0.143. The van der Waals surface area contributed by atoms with Gasteiger partial charge in [-0.2, -0.15) is 13.2 Å². The molecule has 0 saturated heterocycles. The largest absolute Gasteiger partial charge is 0.483 e. The number of halogens is 3. The number of carbonyl (C=O) groups is 1. The van der Waals surface area contributed by atoms with Crippen LogP contribution in [-0.4, -0.2) is 24.1 Å². The molecule has 0 aliphatic heterocycles. The highest BCUT2D eigenvalue weighted by atomic mass is 19.4. The summed E-state index contributed by atoms with van der Waals surface area (Å²) in [5.41, 5.74) is 1.32. The van der Waals surface area contributed by atoms with Gasteiger partial charge in [0.2, 0.25) is 0 Å². The molecule has 0 amide bonds. The zero-order valence-electron chi connectivity index (χ0n) is 10.2. The molecule has 1 aromatic heterocycles. The zero-order valence-corrected chi connectivity index (χ0v) is 10.2. The van der Waals surface area contributed by atoms with Gasteiger partial charge < -0.3 is 4.74 Å². The van der Waals surface area contributed by atoms with E-state index in [2.05, 4.69) is 4.98 Å². The fourth-order valence-electron chi connectivity index (χ4n) is 1.65. The summed E-state index contributed by atoms with van der Waals surface area (Å²) in [5, 5.41) is 0. The van der Waals surface area contributed by atoms with Crippen LogP contribution in [0.3, 0.4) is 0 Å². The molecule has 0 bridgehead atoms. The number of nitrogens with zero attached hydrogens (tertiary/aromatic N) is 1. The van der Waals surface area contributed by atoms with Crippen LogP contribution in [0.2, 0.25) is 0 Å². The van der Waals surface area contributed by atoms with E-state index < -0.39 is 12.8 Å². The van der Waals surface area contributed by atoms with E-state index in [0.29, 0.717) is 23.0 Å². The van der Waals surface area contributed by atoms with Crippen molar-refractivity contribution < 1.29 is 22.7 Å². The minimum atomic E-state index is -4.42. The Balaban J connectivity index is 2.38. The van der Waals surface area contributed by atoms with E-state index in [9.17, 15) is 18.0 Å². The van der Waals surface area contributed by atoms with Crippen molar-refractivity contribution >= 4 is 6.29 Å². The Bertz CT molecular complexity index is 597. The van der Waals surface area contributed by atoms with Gasteiger partial charge >= 0.3 is 6.18 Å². The maximum atomic E-state index is 12.2. The van der Waals surface area contributed by atoms with Crippen molar-refractivity contribution in [3.05, 3.63) is 48.3 Å². The van der Waals surface area contributed by atoms with E-state index in [4.69, 9.17) is 4.74 Å². The number of rotatable bonds is 4. The summed E-state index contributed by atoms with van der Waals surface area (Å²) < 4.78 is 41.5. The molecular weight excluding hydrogens is 271 g/mol. The maximum absolute atomic E-state index is 12.2. The normalized spacial score (nSPS) is 11.2. The van der Waals surface area contributed by atoms with Crippen molar-refractivity contribution in [2.75, 3.05) is 6.61 Å². The summed E-state index contributed by atoms with van der Waals surface area (Å²) in [5.74, 6) is 0.0564. The number of hydrogen-bond donors (Lipinski definition) is 0.